The maximum Gasteiger partial charge on any atom is 0.344 e. The molecule has 0 N–H and O–H groups in total. The number of esters is 1. The molecule has 0 amide bonds. The second-order valence-electron chi connectivity index (χ2n) is 5.41. The Morgan fingerprint density at radius 2 is 2.08 bits per heavy atom. The minimum Gasteiger partial charge on any atom is -0.482 e. The van der Waals surface area contributed by atoms with E-state index < -0.39 is 5.97 Å². The third kappa shape index (κ3) is 4.28. The van der Waals surface area contributed by atoms with Gasteiger partial charge in [-0.2, -0.15) is 0 Å². The predicted molar refractivity (Wildman–Crippen MR) is 95.7 cm³/mol. The van der Waals surface area contributed by atoms with Crippen molar-refractivity contribution in [2.45, 2.75) is 26.9 Å². The highest BCUT2D eigenvalue weighted by molar-refractivity contribution is 7.13. The summed E-state index contributed by atoms with van der Waals surface area (Å²) in [6, 6.07) is 11.5. The summed E-state index contributed by atoms with van der Waals surface area (Å²) in [5.74, 6) is 1.46. The molecule has 6 heteroatoms. The Bertz CT molecular complexity index is 839. The van der Waals surface area contributed by atoms with Gasteiger partial charge in [0.2, 0.25) is 5.89 Å². The van der Waals surface area contributed by atoms with Gasteiger partial charge >= 0.3 is 5.97 Å². The topological polar surface area (TPSA) is 61.6 Å². The average molecular weight is 357 g/mol. The Hall–Kier alpha value is -2.60. The summed E-state index contributed by atoms with van der Waals surface area (Å²) in [5, 5.41) is 1.96. The van der Waals surface area contributed by atoms with Gasteiger partial charge in [-0.3, -0.25) is 0 Å². The molecular formula is C19H19NO4S. The summed E-state index contributed by atoms with van der Waals surface area (Å²) in [6.07, 6.45) is 0.842. The first-order valence-corrected chi connectivity index (χ1v) is 8.92. The molecule has 25 heavy (non-hydrogen) atoms. The van der Waals surface area contributed by atoms with Gasteiger partial charge in [-0.15, -0.1) is 11.3 Å². The maximum atomic E-state index is 11.9. The first-order valence-electron chi connectivity index (χ1n) is 8.04. The molecule has 0 aliphatic carbocycles. The Morgan fingerprint density at radius 1 is 1.24 bits per heavy atom. The van der Waals surface area contributed by atoms with Crippen molar-refractivity contribution in [2.24, 2.45) is 0 Å². The van der Waals surface area contributed by atoms with Crippen LogP contribution < -0.4 is 4.74 Å². The van der Waals surface area contributed by atoms with Crippen molar-refractivity contribution in [3.63, 3.8) is 0 Å². The molecule has 0 spiro atoms. The fraction of sp³-hybridized carbons (Fsp3) is 0.263. The van der Waals surface area contributed by atoms with Crippen LogP contribution in [0.5, 0.6) is 5.75 Å². The van der Waals surface area contributed by atoms with Gasteiger partial charge < -0.3 is 13.9 Å². The van der Waals surface area contributed by atoms with E-state index in [0.29, 0.717) is 23.1 Å². The number of carbonyl (C=O) groups is 1. The van der Waals surface area contributed by atoms with Crippen molar-refractivity contribution in [1.82, 2.24) is 4.98 Å². The lowest BCUT2D eigenvalue weighted by Crippen LogP contribution is -2.15. The van der Waals surface area contributed by atoms with Crippen LogP contribution in [0.1, 0.15) is 23.9 Å². The number of aromatic nitrogens is 1. The zero-order valence-electron chi connectivity index (χ0n) is 14.2. The second-order valence-corrected chi connectivity index (χ2v) is 6.36. The molecule has 2 aromatic heterocycles. The van der Waals surface area contributed by atoms with E-state index in [2.05, 4.69) is 4.98 Å². The molecule has 0 saturated heterocycles. The number of rotatable bonds is 7. The Kier molecular flexibility index (Phi) is 5.50. The third-order valence-corrected chi connectivity index (χ3v) is 4.55. The number of ether oxygens (including phenoxy) is 2. The summed E-state index contributed by atoms with van der Waals surface area (Å²) in [6.45, 7) is 3.78. The molecule has 5 nitrogen and oxygen atoms in total. The lowest BCUT2D eigenvalue weighted by Gasteiger charge is -2.09. The molecule has 0 fully saturated rings. The highest BCUT2D eigenvalue weighted by Gasteiger charge is 2.14. The smallest absolute Gasteiger partial charge is 0.344 e. The predicted octanol–water partition coefficient (Wildman–Crippen LogP) is 4.40. The second kappa shape index (κ2) is 7.98. The number of carbonyl (C=O) groups excluding carboxylic acids is 1. The van der Waals surface area contributed by atoms with Gasteiger partial charge in [0.25, 0.3) is 0 Å². The minimum atomic E-state index is -0.439. The Labute approximate surface area is 150 Å². The lowest BCUT2D eigenvalue weighted by atomic mass is 10.1. The van der Waals surface area contributed by atoms with Crippen LogP contribution in [0, 0.1) is 6.92 Å². The summed E-state index contributed by atoms with van der Waals surface area (Å²) in [4.78, 5) is 17.3. The quantitative estimate of drug-likeness (QED) is 0.587. The molecule has 3 aromatic rings. The molecular weight excluding hydrogens is 338 g/mol. The summed E-state index contributed by atoms with van der Waals surface area (Å²) in [5.41, 5.74) is 1.67. The lowest BCUT2D eigenvalue weighted by molar-refractivity contribution is -0.147. The molecule has 0 atom stereocenters. The SMILES string of the molecule is CCc1ccccc1OCC(=O)OCc1nc(-c2cccs2)oc1C. The molecule has 130 valence electrons. The van der Waals surface area contributed by atoms with Crippen molar-refractivity contribution < 1.29 is 18.7 Å². The highest BCUT2D eigenvalue weighted by Crippen LogP contribution is 2.26. The molecule has 0 saturated carbocycles. The fourth-order valence-electron chi connectivity index (χ4n) is 2.33. The van der Waals surface area contributed by atoms with Gasteiger partial charge in [0, 0.05) is 0 Å². The minimum absolute atomic E-state index is 0.0678. The van der Waals surface area contributed by atoms with Crippen LogP contribution in [-0.2, 0) is 22.6 Å². The van der Waals surface area contributed by atoms with Crippen molar-refractivity contribution in [1.29, 1.82) is 0 Å². The summed E-state index contributed by atoms with van der Waals surface area (Å²) >= 11 is 1.55. The van der Waals surface area contributed by atoms with Crippen LogP contribution in [0.25, 0.3) is 10.8 Å². The number of nitrogens with zero attached hydrogens (tertiary/aromatic N) is 1. The zero-order valence-corrected chi connectivity index (χ0v) is 15.0. The van der Waals surface area contributed by atoms with Gasteiger partial charge in [-0.25, -0.2) is 9.78 Å². The summed E-state index contributed by atoms with van der Waals surface area (Å²) < 4.78 is 16.4. The highest BCUT2D eigenvalue weighted by atomic mass is 32.1. The van der Waals surface area contributed by atoms with Crippen molar-refractivity contribution in [3.8, 4) is 16.5 Å². The zero-order chi connectivity index (χ0) is 17.6. The van der Waals surface area contributed by atoms with E-state index in [1.165, 1.54) is 0 Å². The van der Waals surface area contributed by atoms with Crippen LogP contribution in [0.3, 0.4) is 0 Å². The van der Waals surface area contributed by atoms with Gasteiger partial charge in [-0.1, -0.05) is 31.2 Å². The van der Waals surface area contributed by atoms with E-state index in [0.717, 1.165) is 16.9 Å². The van der Waals surface area contributed by atoms with Gasteiger partial charge in [0.05, 0.1) is 4.88 Å². The maximum absolute atomic E-state index is 11.9. The van der Waals surface area contributed by atoms with Crippen LogP contribution in [0.4, 0.5) is 0 Å². The number of oxazole rings is 1. The van der Waals surface area contributed by atoms with Crippen LogP contribution >= 0.6 is 11.3 Å². The van der Waals surface area contributed by atoms with Crippen LogP contribution in [0.15, 0.2) is 46.2 Å². The van der Waals surface area contributed by atoms with Gasteiger partial charge in [0.15, 0.2) is 6.61 Å². The molecule has 0 aliphatic heterocycles. The van der Waals surface area contributed by atoms with Crippen molar-refractivity contribution >= 4 is 17.3 Å². The fourth-order valence-corrected chi connectivity index (χ4v) is 2.98. The van der Waals surface area contributed by atoms with Crippen LogP contribution in [-0.4, -0.2) is 17.6 Å². The standard InChI is InChI=1S/C19H19NO4S/c1-3-14-7-4-5-8-16(14)22-12-18(21)23-11-15-13(2)24-19(20-15)17-9-6-10-25-17/h4-10H,3,11-12H2,1-2H3. The van der Waals surface area contributed by atoms with E-state index in [1.54, 1.807) is 18.3 Å². The normalized spacial score (nSPS) is 10.6. The number of para-hydroxylation sites is 1. The third-order valence-electron chi connectivity index (χ3n) is 3.69. The first-order chi connectivity index (χ1) is 12.2. The van der Waals surface area contributed by atoms with Gasteiger partial charge in [0.1, 0.15) is 23.8 Å². The number of benzene rings is 1. The number of hydrogen-bond acceptors (Lipinski definition) is 6. The largest absolute Gasteiger partial charge is 0.482 e. The molecule has 0 unspecified atom stereocenters. The van der Waals surface area contributed by atoms with E-state index in [1.807, 2.05) is 48.7 Å². The number of hydrogen-bond donors (Lipinski definition) is 0. The first kappa shape index (κ1) is 17.2. The Balaban J connectivity index is 1.54. The molecule has 2 heterocycles. The molecule has 3 rings (SSSR count). The number of thiophene rings is 1. The van der Waals surface area contributed by atoms with Crippen LogP contribution in [0.2, 0.25) is 0 Å². The molecule has 0 aliphatic rings. The molecule has 0 radical (unpaired) electrons. The van der Waals surface area contributed by atoms with Gasteiger partial charge in [-0.05, 0) is 36.4 Å². The average Bonchev–Trinajstić information content (AvgIpc) is 3.28. The van der Waals surface area contributed by atoms with E-state index in [-0.39, 0.29) is 13.2 Å². The van der Waals surface area contributed by atoms with E-state index in [4.69, 9.17) is 13.9 Å². The molecule has 1 aromatic carbocycles. The van der Waals surface area contributed by atoms with E-state index >= 15 is 0 Å². The van der Waals surface area contributed by atoms with E-state index in [9.17, 15) is 4.79 Å². The molecule has 0 bridgehead atoms. The number of aryl methyl sites for hydroxylation is 2. The van der Waals surface area contributed by atoms with Crippen molar-refractivity contribution in [2.75, 3.05) is 6.61 Å². The summed E-state index contributed by atoms with van der Waals surface area (Å²) in [7, 11) is 0. The van der Waals surface area contributed by atoms with Crippen molar-refractivity contribution in [3.05, 3.63) is 58.8 Å². The Morgan fingerprint density at radius 3 is 2.84 bits per heavy atom. The monoisotopic (exact) mass is 357 g/mol.